The summed E-state index contributed by atoms with van der Waals surface area (Å²) in [5.41, 5.74) is 0.906. The molecule has 2 rings (SSSR count). The molecular weight excluding hydrogens is 438 g/mol. The average Bonchev–Trinajstić information content (AvgIpc) is 2.74. The molecule has 188 valence electrons. The topological polar surface area (TPSA) is 84.5 Å². The van der Waals surface area contributed by atoms with E-state index in [-0.39, 0.29) is 19.0 Å². The highest BCUT2D eigenvalue weighted by molar-refractivity contribution is 7.90. The lowest BCUT2D eigenvalue weighted by Gasteiger charge is -2.44. The van der Waals surface area contributed by atoms with Gasteiger partial charge in [0.1, 0.15) is 0 Å². The first-order valence-electron chi connectivity index (χ1n) is 12.5. The number of carbonyl (C=O) groups excluding carboxylic acids is 1. The van der Waals surface area contributed by atoms with Crippen molar-refractivity contribution in [2.45, 2.75) is 83.6 Å². The number of benzene rings is 1. The Morgan fingerprint density at radius 1 is 1.00 bits per heavy atom. The van der Waals surface area contributed by atoms with Gasteiger partial charge in [0.25, 0.3) is 10.2 Å². The third-order valence-corrected chi connectivity index (χ3v) is 7.76. The Labute approximate surface area is 201 Å². The van der Waals surface area contributed by atoms with Crippen LogP contribution >= 0.6 is 0 Å². The summed E-state index contributed by atoms with van der Waals surface area (Å²) in [5, 5.41) is 0. The van der Waals surface area contributed by atoms with Gasteiger partial charge in [-0.3, -0.25) is 9.52 Å². The van der Waals surface area contributed by atoms with Gasteiger partial charge in [-0.1, -0.05) is 51.2 Å². The summed E-state index contributed by atoms with van der Waals surface area (Å²) in [7, 11) is 0.390. The lowest BCUT2D eigenvalue weighted by Crippen LogP contribution is -2.60. The van der Waals surface area contributed by atoms with Crippen LogP contribution in [0.5, 0.6) is 0 Å². The Kier molecular flexibility index (Phi) is 10.6. The number of hydrogen-bond acceptors (Lipinski definition) is 4. The zero-order chi connectivity index (χ0) is 24.4. The molecule has 0 amide bonds. The van der Waals surface area contributed by atoms with Crippen molar-refractivity contribution < 1.29 is 22.4 Å². The number of piperidine rings is 1. The van der Waals surface area contributed by atoms with Crippen molar-refractivity contribution in [1.82, 2.24) is 4.72 Å². The van der Waals surface area contributed by atoms with Gasteiger partial charge in [-0.05, 0) is 37.5 Å². The van der Waals surface area contributed by atoms with Crippen molar-refractivity contribution in [2.24, 2.45) is 0 Å². The number of esters is 1. The number of ether oxygens (including phenoxy) is 1. The molecule has 1 aliphatic heterocycles. The number of rotatable bonds is 14. The minimum absolute atomic E-state index is 0.0406. The van der Waals surface area contributed by atoms with Crippen LogP contribution in [0.25, 0.3) is 0 Å². The highest BCUT2D eigenvalue weighted by Gasteiger charge is 2.43. The molecule has 0 aliphatic carbocycles. The van der Waals surface area contributed by atoms with Crippen LogP contribution in [0.15, 0.2) is 24.3 Å². The molecule has 1 saturated heterocycles. The molecule has 8 heteroatoms. The van der Waals surface area contributed by atoms with Gasteiger partial charge in [-0.15, -0.1) is 0 Å². The molecule has 33 heavy (non-hydrogen) atoms. The van der Waals surface area contributed by atoms with Crippen LogP contribution in [0.2, 0.25) is 0 Å². The van der Waals surface area contributed by atoms with E-state index in [2.05, 4.69) is 30.5 Å². The van der Waals surface area contributed by atoms with Gasteiger partial charge in [-0.2, -0.15) is 13.1 Å². The fourth-order valence-electron chi connectivity index (χ4n) is 4.39. The summed E-state index contributed by atoms with van der Waals surface area (Å²) in [6, 6.07) is 7.59. The zero-order valence-electron chi connectivity index (χ0n) is 21.0. The normalized spacial score (nSPS) is 17.5. The number of likely N-dealkylation sites (tertiary alicyclic amines) is 1. The second kappa shape index (κ2) is 12.7. The minimum atomic E-state index is -3.85. The summed E-state index contributed by atoms with van der Waals surface area (Å²) >= 11 is 0. The van der Waals surface area contributed by atoms with Gasteiger partial charge in [-0.25, -0.2) is 0 Å². The van der Waals surface area contributed by atoms with E-state index in [9.17, 15) is 13.2 Å². The molecule has 2 N–H and O–H groups in total. The Bertz CT molecular complexity index is 828. The Morgan fingerprint density at radius 2 is 1.61 bits per heavy atom. The molecule has 0 unspecified atom stereocenters. The van der Waals surface area contributed by atoms with Crippen molar-refractivity contribution in [3.05, 3.63) is 29.8 Å². The fourth-order valence-corrected chi connectivity index (χ4v) is 5.73. The third-order valence-electron chi connectivity index (χ3n) is 6.56. The van der Waals surface area contributed by atoms with Gasteiger partial charge in [0, 0.05) is 18.5 Å². The molecule has 1 aromatic rings. The van der Waals surface area contributed by atoms with Gasteiger partial charge in [0.05, 0.1) is 45.8 Å². The number of nitrogens with one attached hydrogen (secondary N) is 2. The first kappa shape index (κ1) is 27.6. The Balaban J connectivity index is 1.96. The van der Waals surface area contributed by atoms with Crippen molar-refractivity contribution >= 4 is 21.9 Å². The van der Waals surface area contributed by atoms with Gasteiger partial charge >= 0.3 is 5.97 Å². The van der Waals surface area contributed by atoms with E-state index >= 15 is 0 Å². The maximum Gasteiger partial charge on any atom is 0.307 e. The number of aryl methyl sites for hydroxylation is 1. The first-order chi connectivity index (χ1) is 15.6. The fraction of sp³-hybridized carbons (Fsp3) is 0.720. The van der Waals surface area contributed by atoms with Gasteiger partial charge in [0.2, 0.25) is 0 Å². The number of quaternary nitrogens is 1. The van der Waals surface area contributed by atoms with E-state index in [0.717, 1.165) is 30.4 Å². The molecule has 0 spiro atoms. The van der Waals surface area contributed by atoms with Crippen LogP contribution in [-0.2, 0) is 26.2 Å². The summed E-state index contributed by atoms with van der Waals surface area (Å²) in [6.07, 6.45) is 9.74. The molecular formula is C25H44N3O4S+. The quantitative estimate of drug-likeness (QED) is 0.234. The van der Waals surface area contributed by atoms with Crippen LogP contribution < -0.4 is 9.44 Å². The molecule has 1 aliphatic rings. The van der Waals surface area contributed by atoms with Crippen LogP contribution in [0.1, 0.15) is 77.2 Å². The number of nitrogens with zero attached hydrogens (tertiary/aromatic N) is 1. The zero-order valence-corrected chi connectivity index (χ0v) is 21.8. The molecule has 1 heterocycles. The van der Waals surface area contributed by atoms with Gasteiger partial charge < -0.3 is 9.22 Å². The maximum absolute atomic E-state index is 13.0. The van der Waals surface area contributed by atoms with E-state index in [1.807, 2.05) is 24.3 Å². The molecule has 1 aromatic carbocycles. The van der Waals surface area contributed by atoms with E-state index in [1.165, 1.54) is 37.7 Å². The first-order valence-corrected chi connectivity index (χ1v) is 14.0. The molecule has 0 radical (unpaired) electrons. The summed E-state index contributed by atoms with van der Waals surface area (Å²) in [6.45, 7) is 5.84. The van der Waals surface area contributed by atoms with Crippen LogP contribution in [-0.4, -0.2) is 58.2 Å². The number of carbonyl (C=O) groups is 1. The van der Waals surface area contributed by atoms with Crippen molar-refractivity contribution in [3.63, 3.8) is 0 Å². The third kappa shape index (κ3) is 10.0. The van der Waals surface area contributed by atoms with Crippen molar-refractivity contribution in [3.8, 4) is 0 Å². The number of hydrogen-bond donors (Lipinski definition) is 2. The molecule has 0 aromatic heterocycles. The van der Waals surface area contributed by atoms with Gasteiger partial charge in [0.15, 0.2) is 0 Å². The standard InChI is InChI=1S/C25H44N3O4S/c1-5-7-8-9-10-11-12-22-13-15-23(16-14-22)26-33(30,31)27-25(21-24(29)32-6-2)17-19-28(3,4)20-18-25/h13-16,26-27H,5-12,17-21H2,1-4H3/q+1. The smallest absolute Gasteiger partial charge is 0.307 e. The van der Waals surface area contributed by atoms with Crippen LogP contribution in [0.3, 0.4) is 0 Å². The molecule has 7 nitrogen and oxygen atoms in total. The average molecular weight is 483 g/mol. The SMILES string of the molecule is CCCCCCCCc1ccc(NS(=O)(=O)NC2(CC(=O)OCC)CC[N+](C)(C)CC2)cc1. The molecule has 0 atom stereocenters. The number of anilines is 1. The monoisotopic (exact) mass is 482 g/mol. The van der Waals surface area contributed by atoms with E-state index < -0.39 is 15.7 Å². The Morgan fingerprint density at radius 3 is 2.21 bits per heavy atom. The van der Waals surface area contributed by atoms with E-state index in [1.54, 1.807) is 6.92 Å². The Hall–Kier alpha value is -1.64. The lowest BCUT2D eigenvalue weighted by atomic mass is 9.85. The van der Waals surface area contributed by atoms with E-state index in [4.69, 9.17) is 4.74 Å². The van der Waals surface area contributed by atoms with Crippen LogP contribution in [0, 0.1) is 0 Å². The molecule has 1 fully saturated rings. The molecule has 0 bridgehead atoms. The van der Waals surface area contributed by atoms with Crippen LogP contribution in [0.4, 0.5) is 5.69 Å². The second-order valence-corrected chi connectivity index (χ2v) is 11.5. The van der Waals surface area contributed by atoms with Crippen molar-refractivity contribution in [1.29, 1.82) is 0 Å². The maximum atomic E-state index is 13.0. The second-order valence-electron chi connectivity index (χ2n) is 10.1. The predicted octanol–water partition coefficient (Wildman–Crippen LogP) is 4.40. The summed E-state index contributed by atoms with van der Waals surface area (Å²) in [5.74, 6) is -0.369. The largest absolute Gasteiger partial charge is 0.466 e. The predicted molar refractivity (Wildman–Crippen MR) is 134 cm³/mol. The number of unbranched alkanes of at least 4 members (excludes halogenated alkanes) is 5. The van der Waals surface area contributed by atoms with E-state index in [0.29, 0.717) is 18.5 Å². The lowest BCUT2D eigenvalue weighted by molar-refractivity contribution is -0.896. The molecule has 0 saturated carbocycles. The minimum Gasteiger partial charge on any atom is -0.466 e. The highest BCUT2D eigenvalue weighted by atomic mass is 32.2. The highest BCUT2D eigenvalue weighted by Crippen LogP contribution is 2.29. The van der Waals surface area contributed by atoms with Crippen molar-refractivity contribution in [2.75, 3.05) is 38.5 Å². The summed E-state index contributed by atoms with van der Waals surface area (Å²) in [4.78, 5) is 12.2. The summed E-state index contributed by atoms with van der Waals surface area (Å²) < 4.78 is 37.3.